The lowest BCUT2D eigenvalue weighted by atomic mass is 9.73. The molecule has 1 aromatic heterocycles. The van der Waals surface area contributed by atoms with Crippen molar-refractivity contribution in [3.8, 4) is 11.1 Å². The van der Waals surface area contributed by atoms with Crippen LogP contribution in [0.1, 0.15) is 53.1 Å². The summed E-state index contributed by atoms with van der Waals surface area (Å²) in [5, 5.41) is 2.03. The highest BCUT2D eigenvalue weighted by atomic mass is 32.1. The number of hydrogen-bond donors (Lipinski definition) is 0. The molecular weight excluding hydrogens is 494 g/mol. The molecule has 0 fully saturated rings. The van der Waals surface area contributed by atoms with Crippen molar-refractivity contribution in [2.45, 2.75) is 32.1 Å². The molecule has 192 valence electrons. The van der Waals surface area contributed by atoms with Gasteiger partial charge in [-0.25, -0.2) is 0 Å². The first-order valence-electron chi connectivity index (χ1n) is 13.6. The van der Waals surface area contributed by atoms with Gasteiger partial charge in [0.25, 0.3) is 0 Å². The topological polar surface area (TPSA) is 20.3 Å². The van der Waals surface area contributed by atoms with E-state index in [0.717, 1.165) is 40.3 Å². The Kier molecular flexibility index (Phi) is 6.76. The molecule has 3 heteroatoms. The van der Waals surface area contributed by atoms with Crippen LogP contribution < -0.4 is 4.90 Å². The highest BCUT2D eigenvalue weighted by Gasteiger charge is 2.41. The molecule has 4 aromatic carbocycles. The molecule has 2 nitrogen and oxygen atoms in total. The summed E-state index contributed by atoms with van der Waals surface area (Å²) in [5.41, 5.74) is 9.11. The lowest BCUT2D eigenvalue weighted by Gasteiger charge is -2.32. The molecule has 0 saturated carbocycles. The number of para-hydroxylation sites is 2. The van der Waals surface area contributed by atoms with E-state index in [4.69, 9.17) is 0 Å². The van der Waals surface area contributed by atoms with Crippen molar-refractivity contribution in [2.24, 2.45) is 0 Å². The monoisotopic (exact) mass is 525 g/mol. The van der Waals surface area contributed by atoms with Crippen LogP contribution in [0.2, 0.25) is 0 Å². The minimum absolute atomic E-state index is 0.0447. The van der Waals surface area contributed by atoms with Gasteiger partial charge in [0.05, 0.1) is 0 Å². The first-order chi connectivity index (χ1) is 19.1. The second-order valence-electron chi connectivity index (χ2n) is 10.00. The first-order valence-corrected chi connectivity index (χ1v) is 14.5. The molecule has 0 amide bonds. The van der Waals surface area contributed by atoms with Crippen molar-refractivity contribution in [3.63, 3.8) is 0 Å². The largest absolute Gasteiger partial charge is 0.310 e. The molecule has 0 unspecified atom stereocenters. The molecule has 1 heterocycles. The maximum Gasteiger partial charge on any atom is 0.185 e. The molecule has 5 aromatic rings. The fourth-order valence-corrected chi connectivity index (χ4v) is 6.65. The number of nitrogens with zero attached hydrogens (tertiary/aromatic N) is 1. The van der Waals surface area contributed by atoms with Crippen molar-refractivity contribution in [1.82, 2.24) is 0 Å². The lowest BCUT2D eigenvalue weighted by molar-refractivity contribution is 0.104. The van der Waals surface area contributed by atoms with Gasteiger partial charge in [0.15, 0.2) is 5.78 Å². The number of thiophene rings is 1. The van der Waals surface area contributed by atoms with Crippen molar-refractivity contribution in [2.75, 3.05) is 4.90 Å². The molecular formula is C36H31NOS. The third-order valence-electron chi connectivity index (χ3n) is 8.06. The van der Waals surface area contributed by atoms with Gasteiger partial charge in [0.1, 0.15) is 0 Å². The van der Waals surface area contributed by atoms with Crippen LogP contribution in [-0.2, 0) is 5.41 Å². The number of carbonyl (C=O) groups excluding carboxylic acids is 1. The number of benzene rings is 4. The van der Waals surface area contributed by atoms with E-state index >= 15 is 0 Å². The Morgan fingerprint density at radius 2 is 1.33 bits per heavy atom. The van der Waals surface area contributed by atoms with Crippen LogP contribution >= 0.6 is 11.3 Å². The number of anilines is 3. The van der Waals surface area contributed by atoms with Gasteiger partial charge in [-0.05, 0) is 101 Å². The Labute approximate surface area is 234 Å². The first kappa shape index (κ1) is 25.1. The van der Waals surface area contributed by atoms with Gasteiger partial charge in [0, 0.05) is 32.9 Å². The molecule has 0 aliphatic heterocycles. The zero-order valence-electron chi connectivity index (χ0n) is 22.3. The SMILES string of the molecule is CCC1(CC)c2cc(C(=O)/C=C/c3cccs3)ccc2-c2ccc(N(c3ccccc3)c3ccccc3)cc21. The van der Waals surface area contributed by atoms with Crippen LogP contribution in [0.3, 0.4) is 0 Å². The van der Waals surface area contributed by atoms with Crippen LogP contribution in [0.25, 0.3) is 17.2 Å². The van der Waals surface area contributed by atoms with Gasteiger partial charge in [0.2, 0.25) is 0 Å². The van der Waals surface area contributed by atoms with E-state index in [1.165, 1.54) is 22.3 Å². The van der Waals surface area contributed by atoms with E-state index in [1.54, 1.807) is 17.4 Å². The Morgan fingerprint density at radius 1 is 0.718 bits per heavy atom. The third-order valence-corrected chi connectivity index (χ3v) is 8.90. The fourth-order valence-electron chi connectivity index (χ4n) is 6.03. The summed E-state index contributed by atoms with van der Waals surface area (Å²) in [6, 6.07) is 38.3. The third kappa shape index (κ3) is 4.43. The molecule has 0 spiro atoms. The smallest absolute Gasteiger partial charge is 0.185 e. The molecule has 0 atom stereocenters. The summed E-state index contributed by atoms with van der Waals surface area (Å²) in [6.07, 6.45) is 5.54. The Bertz CT molecular complexity index is 1590. The van der Waals surface area contributed by atoms with Gasteiger partial charge >= 0.3 is 0 Å². The van der Waals surface area contributed by atoms with E-state index in [0.29, 0.717) is 0 Å². The number of fused-ring (bicyclic) bond motifs is 3. The Balaban J connectivity index is 1.45. The van der Waals surface area contributed by atoms with E-state index in [9.17, 15) is 4.79 Å². The minimum atomic E-state index is -0.145. The van der Waals surface area contributed by atoms with Gasteiger partial charge in [-0.15, -0.1) is 11.3 Å². The van der Waals surface area contributed by atoms with Crippen molar-refractivity contribution < 1.29 is 4.79 Å². The van der Waals surface area contributed by atoms with E-state index in [2.05, 4.69) is 110 Å². The van der Waals surface area contributed by atoms with E-state index < -0.39 is 0 Å². The van der Waals surface area contributed by atoms with Gasteiger partial charge in [-0.1, -0.05) is 74.5 Å². The molecule has 0 N–H and O–H groups in total. The molecule has 39 heavy (non-hydrogen) atoms. The average molecular weight is 526 g/mol. The molecule has 0 bridgehead atoms. The Hall–Kier alpha value is -4.21. The summed E-state index contributed by atoms with van der Waals surface area (Å²) in [4.78, 5) is 16.6. The van der Waals surface area contributed by atoms with E-state index in [-0.39, 0.29) is 11.2 Å². The highest BCUT2D eigenvalue weighted by molar-refractivity contribution is 7.10. The van der Waals surface area contributed by atoms with Gasteiger partial charge < -0.3 is 4.90 Å². The van der Waals surface area contributed by atoms with Gasteiger partial charge in [-0.3, -0.25) is 4.79 Å². The lowest BCUT2D eigenvalue weighted by Crippen LogP contribution is -2.24. The summed E-state index contributed by atoms with van der Waals surface area (Å²) in [6.45, 7) is 4.54. The Morgan fingerprint density at radius 3 is 1.92 bits per heavy atom. The summed E-state index contributed by atoms with van der Waals surface area (Å²) in [5.74, 6) is 0.0447. The quantitative estimate of drug-likeness (QED) is 0.148. The number of hydrogen-bond acceptors (Lipinski definition) is 3. The number of allylic oxidation sites excluding steroid dienone is 1. The second kappa shape index (κ2) is 10.5. The van der Waals surface area contributed by atoms with Crippen molar-refractivity contribution in [1.29, 1.82) is 0 Å². The van der Waals surface area contributed by atoms with Crippen molar-refractivity contribution in [3.05, 3.63) is 142 Å². The summed E-state index contributed by atoms with van der Waals surface area (Å²) in [7, 11) is 0. The number of ketones is 1. The molecule has 0 saturated heterocycles. The predicted octanol–water partition coefficient (Wildman–Crippen LogP) is 10.2. The fraction of sp³-hybridized carbons (Fsp3) is 0.139. The van der Waals surface area contributed by atoms with Crippen LogP contribution in [0.5, 0.6) is 0 Å². The summed E-state index contributed by atoms with van der Waals surface area (Å²) < 4.78 is 0. The van der Waals surface area contributed by atoms with Crippen LogP contribution in [0.4, 0.5) is 17.1 Å². The molecule has 0 radical (unpaired) electrons. The zero-order chi connectivity index (χ0) is 26.8. The van der Waals surface area contributed by atoms with Crippen LogP contribution in [0.15, 0.2) is 121 Å². The number of carbonyl (C=O) groups is 1. The molecule has 1 aliphatic carbocycles. The summed E-state index contributed by atoms with van der Waals surface area (Å²) >= 11 is 1.64. The number of rotatable bonds is 8. The molecule has 1 aliphatic rings. The standard InChI is InChI=1S/C36H31NOS/c1-3-36(4-2)33-24-26(35(38)22-19-30-16-11-23-39-30)17-20-31(33)32-21-18-29(25-34(32)36)37(27-12-7-5-8-13-27)28-14-9-6-10-15-28/h5-25H,3-4H2,1-2H3/b22-19+. The normalized spacial score (nSPS) is 13.3. The predicted molar refractivity (Wildman–Crippen MR) is 166 cm³/mol. The van der Waals surface area contributed by atoms with Gasteiger partial charge in [-0.2, -0.15) is 0 Å². The van der Waals surface area contributed by atoms with Crippen LogP contribution in [-0.4, -0.2) is 5.78 Å². The maximum atomic E-state index is 13.2. The second-order valence-corrected chi connectivity index (χ2v) is 11.0. The average Bonchev–Trinajstić information content (AvgIpc) is 3.61. The zero-order valence-corrected chi connectivity index (χ0v) is 23.1. The highest BCUT2D eigenvalue weighted by Crippen LogP contribution is 2.54. The molecule has 6 rings (SSSR count). The van der Waals surface area contributed by atoms with E-state index in [1.807, 2.05) is 29.7 Å². The minimum Gasteiger partial charge on any atom is -0.310 e. The maximum absolute atomic E-state index is 13.2. The van der Waals surface area contributed by atoms with Crippen molar-refractivity contribution >= 4 is 40.3 Å². The van der Waals surface area contributed by atoms with Crippen LogP contribution in [0, 0.1) is 0 Å².